The van der Waals surface area contributed by atoms with Crippen LogP contribution in [0.25, 0.3) is 0 Å². The first-order valence-corrected chi connectivity index (χ1v) is 36.9. The quantitative estimate of drug-likeness (QED) is 0.0721. The molecule has 2 fully saturated rings. The molecule has 0 bridgehead atoms. The first-order valence-electron chi connectivity index (χ1n) is 36.9. The summed E-state index contributed by atoms with van der Waals surface area (Å²) in [5.74, 6) is -20.1. The van der Waals surface area contributed by atoms with Crippen molar-refractivity contribution in [2.24, 2.45) is 0 Å². The number of nitrogens with zero attached hydrogens (tertiary/aromatic N) is 7. The number of nitriles is 7. The topological polar surface area (TPSA) is 298 Å². The Balaban J connectivity index is 0. The zero-order valence-electron chi connectivity index (χ0n) is 72.4. The van der Waals surface area contributed by atoms with E-state index >= 15 is 0 Å². The molecule has 0 heterocycles. The molecule has 17 nitrogen and oxygen atoms in total. The van der Waals surface area contributed by atoms with Gasteiger partial charge in [-0.1, -0.05) is 31.7 Å². The van der Waals surface area contributed by atoms with Gasteiger partial charge in [0, 0.05) is 80.2 Å². The fraction of sp³-hybridized carbons (Fsp3) is 0.104. The van der Waals surface area contributed by atoms with Crippen molar-refractivity contribution in [3.05, 3.63) is 409 Å². The van der Waals surface area contributed by atoms with E-state index in [-0.39, 0.29) is 467 Å². The Morgan fingerprint density at radius 1 is 0.274 bits per heavy atom. The van der Waals surface area contributed by atoms with Gasteiger partial charge in [-0.25, -0.2) is 72.3 Å². The van der Waals surface area contributed by atoms with Gasteiger partial charge >= 0.3 is 437 Å². The summed E-state index contributed by atoms with van der Waals surface area (Å²) in [6, 6.07) is 62.3. The van der Waals surface area contributed by atoms with Gasteiger partial charge in [0.15, 0.2) is 0 Å². The number of hydrogen-bond acceptors (Lipinski definition) is 17. The van der Waals surface area contributed by atoms with Crippen molar-refractivity contribution in [2.45, 2.75) is 63.2 Å². The first-order chi connectivity index (χ1) is 61.4. The van der Waals surface area contributed by atoms with Crippen LogP contribution in [-0.2, 0) is 0 Å². The van der Waals surface area contributed by atoms with Crippen LogP contribution < -0.4 is 431 Å². The van der Waals surface area contributed by atoms with E-state index in [1.807, 2.05) is 12.1 Å². The predicted molar refractivity (Wildman–Crippen MR) is 424 cm³/mol. The minimum atomic E-state index is -1.47. The summed E-state index contributed by atoms with van der Waals surface area (Å²) in [7, 11) is 0. The fourth-order valence-corrected chi connectivity index (χ4v) is 11.4. The second-order valence-corrected chi connectivity index (χ2v) is 26.1. The minimum Gasteiger partial charge on any atom is -0.424 e. The second kappa shape index (κ2) is 67.5. The summed E-state index contributed by atoms with van der Waals surface area (Å²) in [6.07, 6.45) is 12.8. The van der Waals surface area contributed by atoms with Gasteiger partial charge in [0.25, 0.3) is 0 Å². The summed E-state index contributed by atoms with van der Waals surface area (Å²) in [6.45, 7) is 0. The SMILES string of the molecule is N#Cc1c(F)cc(C2CC[CH-]CC2)cc1F.N#Cc1c(F)cc(OC(=O)c2c(F)c[c-]cc2F)cc1F.N#Cc1c(F)cc(OC(=O)c2cc[c-]cc2)cc1F.N#Cc1c(F)cc(OC(=O)c2cc[c-]cc2F)cc1F.N#Cc1ccc(C2CC[CH-]CC2)cc1F.N#Cc1ccc(OC(=O)c2cc[c-]cc2)cc1F.N#Cc1ccc(OC(=O)c2cc[c-]cc2F)cc1F.[HH].[HH].[Rb+].[Rb+].[Rb+].[Rb+].[Rb+].[Rb+].[Rb+]. The number of esters is 5. The maximum Gasteiger partial charge on any atom is 1.00 e. The van der Waals surface area contributed by atoms with Crippen LogP contribution in [0.1, 0.15) is 168 Å². The van der Waals surface area contributed by atoms with E-state index in [1.165, 1.54) is 109 Å². The molecule has 2 aliphatic rings. The van der Waals surface area contributed by atoms with E-state index in [0.29, 0.717) is 53.4 Å². The van der Waals surface area contributed by atoms with Gasteiger partial charge in [0.2, 0.25) is 0 Å². The standard InChI is InChI=1S/C14H4F4NO2.C14H5F3NO2.2C14H6F2NO2.C14H7FNO2.C13H12F2N.C13H13FN.7Rb.2H2/c15-9-2-1-3-10(16)13(9)14(20)21-7-4-11(17)8(6-19)12(18)5-7;15-11-4-2-1-3-9(11)14(19)20-8-5-12(16)10(7-18)13(17)6-8;15-12-4-2-1-3-11(12)14(18)19-10-6-5-9(8-17)13(16)7-10;15-12-6-10(7-13(16)11(12)8-17)19-14(18)9-4-2-1-3-5-9;15-13-8-12(7-6-11(13)9-16)18-14(17)10-4-2-1-3-5-10;14-12-6-10(7-13(15)11(12)8-16)9-4-2-1-3-5-9;14-13-8-11(6-7-12(13)9-15)10-4-2-1-3-5-10;;;;;;;;;/h2-5H;1,3-6H;1,3-7H;2-7H;2-8H;1,6-7,9H,2-5H2;1,6-8,10H,2-5H2;;;;;;;;2*1H/q7*-1;7*+1;;. The average Bonchev–Trinajstić information content (AvgIpc) is 0.827. The van der Waals surface area contributed by atoms with Crippen molar-refractivity contribution >= 4 is 29.8 Å². The molecule has 12 aromatic rings. The normalized spacial score (nSPS) is 11.0. The third-order valence-corrected chi connectivity index (χ3v) is 17.7. The van der Waals surface area contributed by atoms with Crippen molar-refractivity contribution in [2.75, 3.05) is 0 Å². The van der Waals surface area contributed by atoms with Crippen LogP contribution in [0.15, 0.2) is 200 Å². The molecule has 2 saturated carbocycles. The molecule has 0 spiro atoms. The zero-order valence-corrected chi connectivity index (χ0v) is 107. The van der Waals surface area contributed by atoms with Gasteiger partial charge in [-0.3, -0.25) is 17.6 Å². The Bertz CT molecular complexity index is 6350. The maximum atomic E-state index is 13.4. The molecule has 39 heteroatoms. The number of ether oxygens (including phenoxy) is 5. The van der Waals surface area contributed by atoms with Gasteiger partial charge in [0.1, 0.15) is 157 Å². The molecule has 0 radical (unpaired) electrons. The molecule has 135 heavy (non-hydrogen) atoms. The number of carbonyl (C=O) groups is 5. The van der Waals surface area contributed by atoms with E-state index in [9.17, 15) is 89.8 Å². The summed E-state index contributed by atoms with van der Waals surface area (Å²) in [4.78, 5) is 58.2. The molecule has 0 N–H and O–H groups in total. The van der Waals surface area contributed by atoms with E-state index in [2.05, 4.69) is 52.6 Å². The summed E-state index contributed by atoms with van der Waals surface area (Å²) in [5, 5.41) is 59.8. The van der Waals surface area contributed by atoms with Gasteiger partial charge in [-0.05, 0) is 93.7 Å². The Kier molecular flexibility index (Phi) is 64.5. The summed E-state index contributed by atoms with van der Waals surface area (Å²) < 4.78 is 224. The van der Waals surface area contributed by atoms with E-state index in [4.69, 9.17) is 51.0 Å². The summed E-state index contributed by atoms with van der Waals surface area (Å²) >= 11 is 0. The number of benzene rings is 12. The average molecular weight is 2350 g/mol. The molecule has 0 saturated heterocycles. The van der Waals surface area contributed by atoms with Crippen LogP contribution in [-0.4, -0.2) is 29.8 Å². The zero-order chi connectivity index (χ0) is 93.1. The monoisotopic (exact) mass is 2350 g/mol. The third-order valence-electron chi connectivity index (χ3n) is 17.7. The molecular weight excluding hydrogens is 2290 g/mol. The van der Waals surface area contributed by atoms with Crippen molar-refractivity contribution < 1.29 is 524 Å². The molecule has 0 amide bonds. The van der Waals surface area contributed by atoms with Gasteiger partial charge in [0.05, 0.1) is 16.7 Å². The number of carbonyl (C=O) groups excluding carboxylic acids is 5. The van der Waals surface area contributed by atoms with Crippen LogP contribution in [0.3, 0.4) is 0 Å². The molecular formula is C96H57F15N7O10Rb7. The second-order valence-electron chi connectivity index (χ2n) is 26.1. The van der Waals surface area contributed by atoms with Gasteiger partial charge in [-0.2, -0.15) is 166 Å². The molecule has 0 aromatic heterocycles. The van der Waals surface area contributed by atoms with Gasteiger partial charge < -0.3 is 36.5 Å². The summed E-state index contributed by atoms with van der Waals surface area (Å²) in [5.41, 5.74) is -2.35. The molecule has 14 rings (SSSR count). The fourth-order valence-electron chi connectivity index (χ4n) is 11.4. The van der Waals surface area contributed by atoms with Crippen molar-refractivity contribution in [3.8, 4) is 71.2 Å². The third kappa shape index (κ3) is 40.6. The molecule has 0 unspecified atom stereocenters. The molecule has 648 valence electrons. The number of hydrogen-bond donors (Lipinski definition) is 0. The Hall–Kier alpha value is -3.99. The smallest absolute Gasteiger partial charge is 0.424 e. The Morgan fingerprint density at radius 3 is 0.844 bits per heavy atom. The largest absolute Gasteiger partial charge is 1.00 e. The van der Waals surface area contributed by atoms with E-state index in [1.54, 1.807) is 42.5 Å². The van der Waals surface area contributed by atoms with E-state index in [0.717, 1.165) is 99.4 Å². The number of rotatable bonds is 12. The molecule has 0 atom stereocenters. The van der Waals surface area contributed by atoms with Crippen LogP contribution >= 0.6 is 0 Å². The van der Waals surface area contributed by atoms with Crippen molar-refractivity contribution in [1.82, 2.24) is 0 Å². The Morgan fingerprint density at radius 2 is 0.533 bits per heavy atom. The minimum absolute atomic E-state index is 0. The van der Waals surface area contributed by atoms with Crippen LogP contribution in [0.2, 0.25) is 0 Å². The van der Waals surface area contributed by atoms with Crippen molar-refractivity contribution in [3.63, 3.8) is 0 Å². The number of halogens is 15. The maximum absolute atomic E-state index is 13.4. The van der Waals surface area contributed by atoms with Crippen LogP contribution in [0.5, 0.6) is 28.7 Å². The first kappa shape index (κ1) is 129. The predicted octanol–water partition coefficient (Wildman–Crippen LogP) is 1.34. The molecule has 0 aliphatic heterocycles. The van der Waals surface area contributed by atoms with Crippen molar-refractivity contribution in [1.29, 1.82) is 36.8 Å². The van der Waals surface area contributed by atoms with Crippen LogP contribution in [0.4, 0.5) is 65.9 Å². The molecule has 12 aromatic carbocycles. The molecule has 2 aliphatic carbocycles. The van der Waals surface area contributed by atoms with Crippen LogP contribution in [0, 0.1) is 210 Å². The Labute approximate surface area is 1110 Å². The van der Waals surface area contributed by atoms with E-state index < -0.39 is 156 Å². The van der Waals surface area contributed by atoms with Gasteiger partial charge in [-0.15, -0.1) is 24.3 Å².